The van der Waals surface area contributed by atoms with Gasteiger partial charge in [-0.15, -0.1) is 0 Å². The zero-order valence-corrected chi connectivity index (χ0v) is 9.54. The van der Waals surface area contributed by atoms with Gasteiger partial charge in [-0.1, -0.05) is 26.7 Å². The van der Waals surface area contributed by atoms with Crippen LogP contribution in [0.25, 0.3) is 0 Å². The number of esters is 1. The molecule has 0 fully saturated rings. The van der Waals surface area contributed by atoms with Gasteiger partial charge >= 0.3 is 5.97 Å². The van der Waals surface area contributed by atoms with Gasteiger partial charge in [0.1, 0.15) is 0 Å². The zero-order chi connectivity index (χ0) is 11.0. The number of hydrogen-bond acceptors (Lipinski definition) is 3. The number of carbonyl (C=O) groups is 1. The standard InChI is InChI=1S/C11H21NO2/c1-5-10(6-2)9(3)12-8-7-11(13)14-4/h7-10,12H,5-6H2,1-4H3/b8-7+. The van der Waals surface area contributed by atoms with E-state index in [1.165, 1.54) is 13.2 Å². The van der Waals surface area contributed by atoms with Crippen molar-refractivity contribution in [1.82, 2.24) is 5.32 Å². The highest BCUT2D eigenvalue weighted by molar-refractivity contribution is 5.81. The van der Waals surface area contributed by atoms with E-state index in [-0.39, 0.29) is 5.97 Å². The average Bonchev–Trinajstić information content (AvgIpc) is 2.19. The summed E-state index contributed by atoms with van der Waals surface area (Å²) in [4.78, 5) is 10.8. The normalized spacial score (nSPS) is 13.2. The van der Waals surface area contributed by atoms with Crippen LogP contribution in [-0.2, 0) is 9.53 Å². The second-order valence-electron chi connectivity index (χ2n) is 3.39. The van der Waals surface area contributed by atoms with E-state index in [9.17, 15) is 4.79 Å². The molecule has 0 aromatic heterocycles. The van der Waals surface area contributed by atoms with E-state index in [1.807, 2.05) is 0 Å². The van der Waals surface area contributed by atoms with Crippen molar-refractivity contribution in [2.45, 2.75) is 39.7 Å². The first-order valence-corrected chi connectivity index (χ1v) is 5.16. The third-order valence-electron chi connectivity index (χ3n) is 2.54. The van der Waals surface area contributed by atoms with Crippen molar-refractivity contribution >= 4 is 5.97 Å². The lowest BCUT2D eigenvalue weighted by atomic mass is 9.96. The Balaban J connectivity index is 3.87. The molecule has 0 aromatic rings. The SMILES string of the molecule is CCC(CC)C(C)N/C=C/C(=O)OC. The molecule has 1 N–H and O–H groups in total. The summed E-state index contributed by atoms with van der Waals surface area (Å²) in [6.07, 6.45) is 5.36. The van der Waals surface area contributed by atoms with Gasteiger partial charge < -0.3 is 10.1 Å². The van der Waals surface area contributed by atoms with E-state index in [0.717, 1.165) is 12.8 Å². The third kappa shape index (κ3) is 4.90. The highest BCUT2D eigenvalue weighted by Gasteiger charge is 2.10. The molecule has 0 rings (SSSR count). The van der Waals surface area contributed by atoms with E-state index in [1.54, 1.807) is 6.20 Å². The van der Waals surface area contributed by atoms with Crippen LogP contribution in [0.15, 0.2) is 12.3 Å². The topological polar surface area (TPSA) is 38.3 Å². The summed E-state index contributed by atoms with van der Waals surface area (Å²) in [7, 11) is 1.37. The van der Waals surface area contributed by atoms with Crippen molar-refractivity contribution in [3.05, 3.63) is 12.3 Å². The summed E-state index contributed by atoms with van der Waals surface area (Å²) in [5, 5.41) is 3.17. The van der Waals surface area contributed by atoms with Crippen molar-refractivity contribution in [1.29, 1.82) is 0 Å². The predicted molar refractivity (Wildman–Crippen MR) is 57.8 cm³/mol. The van der Waals surface area contributed by atoms with Crippen LogP contribution in [0.3, 0.4) is 0 Å². The van der Waals surface area contributed by atoms with Gasteiger partial charge in [0.25, 0.3) is 0 Å². The third-order valence-corrected chi connectivity index (χ3v) is 2.54. The molecule has 14 heavy (non-hydrogen) atoms. The fraction of sp³-hybridized carbons (Fsp3) is 0.727. The van der Waals surface area contributed by atoms with E-state index < -0.39 is 0 Å². The monoisotopic (exact) mass is 199 g/mol. The molecule has 82 valence electrons. The minimum Gasteiger partial charge on any atom is -0.466 e. The van der Waals surface area contributed by atoms with Crippen LogP contribution in [0, 0.1) is 5.92 Å². The van der Waals surface area contributed by atoms with Gasteiger partial charge in [-0.05, 0) is 12.8 Å². The van der Waals surface area contributed by atoms with Crippen molar-refractivity contribution in [2.75, 3.05) is 7.11 Å². The molecule has 0 aromatic carbocycles. The molecule has 3 nitrogen and oxygen atoms in total. The summed E-state index contributed by atoms with van der Waals surface area (Å²) in [6.45, 7) is 6.48. The van der Waals surface area contributed by atoms with E-state index >= 15 is 0 Å². The van der Waals surface area contributed by atoms with Crippen LogP contribution in [-0.4, -0.2) is 19.1 Å². The summed E-state index contributed by atoms with van der Waals surface area (Å²) < 4.78 is 4.48. The quantitative estimate of drug-likeness (QED) is 0.526. The number of nitrogens with one attached hydrogen (secondary N) is 1. The van der Waals surface area contributed by atoms with Gasteiger partial charge in [0.2, 0.25) is 0 Å². The van der Waals surface area contributed by atoms with Crippen molar-refractivity contribution in [3.63, 3.8) is 0 Å². The Labute approximate surface area is 86.5 Å². The Kier molecular flexibility index (Phi) is 6.89. The van der Waals surface area contributed by atoms with Crippen LogP contribution >= 0.6 is 0 Å². The van der Waals surface area contributed by atoms with E-state index in [2.05, 4.69) is 30.8 Å². The number of rotatable bonds is 6. The number of carbonyl (C=O) groups excluding carboxylic acids is 1. The van der Waals surface area contributed by atoms with Gasteiger partial charge in [0.05, 0.1) is 7.11 Å². The lowest BCUT2D eigenvalue weighted by Crippen LogP contribution is -2.29. The predicted octanol–water partition coefficient (Wildman–Crippen LogP) is 2.09. The van der Waals surface area contributed by atoms with Crippen LogP contribution in [0.4, 0.5) is 0 Å². The van der Waals surface area contributed by atoms with Crippen LogP contribution in [0.2, 0.25) is 0 Å². The highest BCUT2D eigenvalue weighted by atomic mass is 16.5. The smallest absolute Gasteiger partial charge is 0.331 e. The molecular weight excluding hydrogens is 178 g/mol. The summed E-state index contributed by atoms with van der Waals surface area (Å²) in [5.41, 5.74) is 0. The Morgan fingerprint density at radius 3 is 2.43 bits per heavy atom. The zero-order valence-electron chi connectivity index (χ0n) is 9.54. The largest absolute Gasteiger partial charge is 0.466 e. The van der Waals surface area contributed by atoms with Gasteiger partial charge in [0.15, 0.2) is 0 Å². The minimum absolute atomic E-state index is 0.325. The molecule has 0 bridgehead atoms. The molecule has 0 saturated heterocycles. The van der Waals surface area contributed by atoms with Crippen LogP contribution in [0.1, 0.15) is 33.6 Å². The summed E-state index contributed by atoms with van der Waals surface area (Å²) in [5.74, 6) is 0.326. The number of methoxy groups -OCH3 is 1. The molecule has 0 aliphatic carbocycles. The fourth-order valence-corrected chi connectivity index (χ4v) is 1.47. The molecular formula is C11H21NO2. The molecule has 0 saturated carbocycles. The first-order chi connectivity index (χ1) is 6.65. The molecule has 3 heteroatoms. The molecule has 0 radical (unpaired) electrons. The molecule has 0 aliphatic rings. The lowest BCUT2D eigenvalue weighted by Gasteiger charge is -2.21. The maximum Gasteiger partial charge on any atom is 0.331 e. The van der Waals surface area contributed by atoms with Crippen molar-refractivity contribution in [3.8, 4) is 0 Å². The molecule has 0 amide bonds. The van der Waals surface area contributed by atoms with Crippen molar-refractivity contribution < 1.29 is 9.53 Å². The highest BCUT2D eigenvalue weighted by Crippen LogP contribution is 2.12. The van der Waals surface area contributed by atoms with Crippen LogP contribution in [0.5, 0.6) is 0 Å². The van der Waals surface area contributed by atoms with Gasteiger partial charge in [0, 0.05) is 18.3 Å². The molecule has 0 heterocycles. The van der Waals surface area contributed by atoms with Crippen molar-refractivity contribution in [2.24, 2.45) is 5.92 Å². The first-order valence-electron chi connectivity index (χ1n) is 5.16. The molecule has 0 spiro atoms. The molecule has 1 unspecified atom stereocenters. The van der Waals surface area contributed by atoms with E-state index in [0.29, 0.717) is 12.0 Å². The Bertz CT molecular complexity index is 186. The Morgan fingerprint density at radius 1 is 1.43 bits per heavy atom. The summed E-state index contributed by atoms with van der Waals surface area (Å²) >= 11 is 0. The fourth-order valence-electron chi connectivity index (χ4n) is 1.47. The summed E-state index contributed by atoms with van der Waals surface area (Å²) in [6, 6.07) is 0.394. The molecule has 0 aliphatic heterocycles. The Hall–Kier alpha value is -0.990. The van der Waals surface area contributed by atoms with Crippen LogP contribution < -0.4 is 5.32 Å². The lowest BCUT2D eigenvalue weighted by molar-refractivity contribution is -0.134. The number of ether oxygens (including phenoxy) is 1. The van der Waals surface area contributed by atoms with E-state index in [4.69, 9.17) is 0 Å². The molecule has 1 atom stereocenters. The maximum absolute atomic E-state index is 10.8. The van der Waals surface area contributed by atoms with Gasteiger partial charge in [-0.25, -0.2) is 4.79 Å². The van der Waals surface area contributed by atoms with Gasteiger partial charge in [-0.2, -0.15) is 0 Å². The second-order valence-corrected chi connectivity index (χ2v) is 3.39. The second kappa shape index (κ2) is 7.42. The first kappa shape index (κ1) is 13.0. The van der Waals surface area contributed by atoms with Gasteiger partial charge in [-0.3, -0.25) is 0 Å². The average molecular weight is 199 g/mol. The Morgan fingerprint density at radius 2 is 2.00 bits per heavy atom. The number of hydrogen-bond donors (Lipinski definition) is 1. The maximum atomic E-state index is 10.8. The minimum atomic E-state index is -0.325.